The molecule has 0 atom stereocenters. The minimum Gasteiger partial charge on any atom is -0.216 e. The van der Waals surface area contributed by atoms with Gasteiger partial charge in [-0.05, 0) is 37.0 Å². The van der Waals surface area contributed by atoms with Crippen molar-refractivity contribution >= 4 is 39.1 Å². The van der Waals surface area contributed by atoms with Gasteiger partial charge in [-0.25, -0.2) is 14.4 Å². The first-order chi connectivity index (χ1) is 10.1. The molecule has 0 N–H and O–H groups in total. The zero-order valence-corrected chi connectivity index (χ0v) is 14.1. The highest BCUT2D eigenvalue weighted by Crippen LogP contribution is 2.41. The number of nitrogens with zero attached hydrogens (tertiary/aromatic N) is 2. The summed E-state index contributed by atoms with van der Waals surface area (Å²) in [6, 6.07) is 4.34. The van der Waals surface area contributed by atoms with Crippen LogP contribution in [0.25, 0.3) is 11.4 Å². The van der Waals surface area contributed by atoms with Crippen molar-refractivity contribution in [3.05, 3.63) is 44.4 Å². The summed E-state index contributed by atoms with van der Waals surface area (Å²) in [6.07, 6.45) is 4.47. The highest BCUT2D eigenvalue weighted by Gasteiger charge is 2.25. The van der Waals surface area contributed by atoms with Crippen molar-refractivity contribution in [3.8, 4) is 11.4 Å². The third-order valence-electron chi connectivity index (χ3n) is 3.79. The lowest BCUT2D eigenvalue weighted by Gasteiger charge is -2.14. The van der Waals surface area contributed by atoms with Crippen molar-refractivity contribution in [1.82, 2.24) is 9.97 Å². The van der Waals surface area contributed by atoms with Crippen LogP contribution in [-0.2, 0) is 0 Å². The van der Waals surface area contributed by atoms with Gasteiger partial charge in [0, 0.05) is 15.6 Å². The molecule has 21 heavy (non-hydrogen) atoms. The minimum atomic E-state index is -0.357. The Labute approximate surface area is 140 Å². The molecule has 2 aromatic rings. The lowest BCUT2D eigenvalue weighted by atomic mass is 10.0. The molecule has 1 heterocycles. The molecule has 1 aliphatic rings. The van der Waals surface area contributed by atoms with E-state index in [1.807, 2.05) is 0 Å². The minimum absolute atomic E-state index is 0.329. The molecule has 0 spiro atoms. The second-order valence-electron chi connectivity index (χ2n) is 5.15. The van der Waals surface area contributed by atoms with Gasteiger partial charge in [-0.3, -0.25) is 0 Å². The number of halogens is 4. The Balaban J connectivity index is 2.07. The first-order valence-corrected chi connectivity index (χ1v) is 8.29. The standard InChI is InChI=1S/C15H12BrCl2FN2/c16-11-6-5-9(19)7-10(11)15-20-13(17)12(14(18)21-15)8-3-1-2-4-8/h5-8H,1-4H2. The lowest BCUT2D eigenvalue weighted by Crippen LogP contribution is -2.02. The predicted molar refractivity (Wildman–Crippen MR) is 86.4 cm³/mol. The van der Waals surface area contributed by atoms with Gasteiger partial charge in [0.2, 0.25) is 0 Å². The molecule has 0 unspecified atom stereocenters. The van der Waals surface area contributed by atoms with E-state index in [9.17, 15) is 4.39 Å². The van der Waals surface area contributed by atoms with Crippen molar-refractivity contribution in [2.45, 2.75) is 31.6 Å². The summed E-state index contributed by atoms with van der Waals surface area (Å²) in [4.78, 5) is 8.65. The molecule has 1 saturated carbocycles. The average molecular weight is 390 g/mol. The summed E-state index contributed by atoms with van der Waals surface area (Å²) in [5.74, 6) is 0.303. The maximum atomic E-state index is 13.4. The summed E-state index contributed by atoms with van der Waals surface area (Å²) >= 11 is 16.0. The maximum absolute atomic E-state index is 13.4. The van der Waals surface area contributed by atoms with Crippen LogP contribution in [0, 0.1) is 5.82 Å². The largest absolute Gasteiger partial charge is 0.216 e. The summed E-state index contributed by atoms with van der Waals surface area (Å²) in [5, 5.41) is 0.737. The zero-order valence-electron chi connectivity index (χ0n) is 11.0. The summed E-state index contributed by atoms with van der Waals surface area (Å²) in [5.41, 5.74) is 1.36. The number of aromatic nitrogens is 2. The zero-order chi connectivity index (χ0) is 15.0. The predicted octanol–water partition coefficient (Wildman–Crippen LogP) is 6.01. The van der Waals surface area contributed by atoms with Crippen molar-refractivity contribution in [2.24, 2.45) is 0 Å². The first kappa shape index (κ1) is 15.2. The molecule has 6 heteroatoms. The third kappa shape index (κ3) is 3.08. The van der Waals surface area contributed by atoms with Gasteiger partial charge in [0.1, 0.15) is 16.1 Å². The van der Waals surface area contributed by atoms with Gasteiger partial charge in [0.15, 0.2) is 5.82 Å². The molecule has 110 valence electrons. The van der Waals surface area contributed by atoms with E-state index >= 15 is 0 Å². The monoisotopic (exact) mass is 388 g/mol. The molecule has 0 radical (unpaired) electrons. The van der Waals surface area contributed by atoms with Crippen molar-refractivity contribution in [3.63, 3.8) is 0 Å². The topological polar surface area (TPSA) is 25.8 Å². The SMILES string of the molecule is Fc1ccc(Br)c(-c2nc(Cl)c(C3CCCC3)c(Cl)n2)c1. The third-order valence-corrected chi connectivity index (χ3v) is 5.05. The molecular weight excluding hydrogens is 378 g/mol. The molecular formula is C15H12BrCl2FN2. The molecule has 1 aliphatic carbocycles. The Kier molecular flexibility index (Phi) is 4.48. The van der Waals surface area contributed by atoms with Crippen molar-refractivity contribution in [1.29, 1.82) is 0 Å². The van der Waals surface area contributed by atoms with Gasteiger partial charge in [-0.1, -0.05) is 52.0 Å². The van der Waals surface area contributed by atoms with Crippen LogP contribution in [-0.4, -0.2) is 9.97 Å². The van der Waals surface area contributed by atoms with Crippen molar-refractivity contribution in [2.75, 3.05) is 0 Å². The van der Waals surface area contributed by atoms with E-state index in [2.05, 4.69) is 25.9 Å². The van der Waals surface area contributed by atoms with Crippen LogP contribution < -0.4 is 0 Å². The highest BCUT2D eigenvalue weighted by molar-refractivity contribution is 9.10. The number of hydrogen-bond acceptors (Lipinski definition) is 2. The van der Waals surface area contributed by atoms with E-state index in [1.54, 1.807) is 6.07 Å². The summed E-state index contributed by atoms with van der Waals surface area (Å²) < 4.78 is 14.1. The fourth-order valence-electron chi connectivity index (χ4n) is 2.76. The lowest BCUT2D eigenvalue weighted by molar-refractivity contribution is 0.628. The van der Waals surface area contributed by atoms with E-state index in [-0.39, 0.29) is 5.82 Å². The number of benzene rings is 1. The van der Waals surface area contributed by atoms with Crippen LogP contribution in [0.15, 0.2) is 22.7 Å². The number of hydrogen-bond donors (Lipinski definition) is 0. The van der Waals surface area contributed by atoms with E-state index in [0.29, 0.717) is 32.1 Å². The van der Waals surface area contributed by atoms with Crippen LogP contribution in [0.4, 0.5) is 4.39 Å². The van der Waals surface area contributed by atoms with Crippen LogP contribution >= 0.6 is 39.1 Å². The Morgan fingerprint density at radius 2 is 1.71 bits per heavy atom. The maximum Gasteiger partial charge on any atom is 0.163 e. The first-order valence-electron chi connectivity index (χ1n) is 6.74. The molecule has 3 rings (SSSR count). The van der Waals surface area contributed by atoms with Gasteiger partial charge in [0.25, 0.3) is 0 Å². The van der Waals surface area contributed by atoms with Gasteiger partial charge < -0.3 is 0 Å². The molecule has 0 amide bonds. The molecule has 0 aliphatic heterocycles. The van der Waals surface area contributed by atoms with Crippen LogP contribution in [0.1, 0.15) is 37.2 Å². The highest BCUT2D eigenvalue weighted by atomic mass is 79.9. The van der Waals surface area contributed by atoms with Crippen molar-refractivity contribution < 1.29 is 4.39 Å². The van der Waals surface area contributed by atoms with E-state index in [0.717, 1.165) is 18.4 Å². The van der Waals surface area contributed by atoms with Crippen LogP contribution in [0.5, 0.6) is 0 Å². The quantitative estimate of drug-likeness (QED) is 0.587. The normalized spacial score (nSPS) is 15.6. The second-order valence-corrected chi connectivity index (χ2v) is 6.72. The van der Waals surface area contributed by atoms with Crippen LogP contribution in [0.2, 0.25) is 10.3 Å². The molecule has 0 saturated heterocycles. The smallest absolute Gasteiger partial charge is 0.163 e. The number of rotatable bonds is 2. The van der Waals surface area contributed by atoms with Gasteiger partial charge in [0.05, 0.1) is 0 Å². The van der Waals surface area contributed by atoms with Gasteiger partial charge in [-0.2, -0.15) is 0 Å². The molecule has 0 bridgehead atoms. The van der Waals surface area contributed by atoms with Crippen LogP contribution in [0.3, 0.4) is 0 Å². The molecule has 1 aromatic heterocycles. The van der Waals surface area contributed by atoms with E-state index in [4.69, 9.17) is 23.2 Å². The molecule has 1 aromatic carbocycles. The van der Waals surface area contributed by atoms with Gasteiger partial charge in [-0.15, -0.1) is 0 Å². The Bertz CT molecular complexity index is 664. The van der Waals surface area contributed by atoms with E-state index < -0.39 is 0 Å². The Morgan fingerprint density at radius 3 is 2.33 bits per heavy atom. The summed E-state index contributed by atoms with van der Waals surface area (Å²) in [7, 11) is 0. The van der Waals surface area contributed by atoms with E-state index in [1.165, 1.54) is 25.0 Å². The second kappa shape index (κ2) is 6.19. The Hall–Kier alpha value is -0.710. The van der Waals surface area contributed by atoms with Gasteiger partial charge >= 0.3 is 0 Å². The molecule has 2 nitrogen and oxygen atoms in total. The average Bonchev–Trinajstić information content (AvgIpc) is 2.94. The fourth-order valence-corrected chi connectivity index (χ4v) is 3.88. The Morgan fingerprint density at radius 1 is 1.10 bits per heavy atom. The molecule has 1 fully saturated rings. The summed E-state index contributed by atoms with van der Waals surface area (Å²) in [6.45, 7) is 0. The fraction of sp³-hybridized carbons (Fsp3) is 0.333.